The molecule has 0 radical (unpaired) electrons. The van der Waals surface area contributed by atoms with Gasteiger partial charge in [0.1, 0.15) is 0 Å². The van der Waals surface area contributed by atoms with Gasteiger partial charge in [-0.25, -0.2) is 0 Å². The summed E-state index contributed by atoms with van der Waals surface area (Å²) in [6, 6.07) is 0. The lowest BCUT2D eigenvalue weighted by Gasteiger charge is -2.36. The monoisotopic (exact) mass is 179 g/mol. The van der Waals surface area contributed by atoms with Crippen molar-refractivity contribution in [2.75, 3.05) is 7.05 Å². The summed E-state index contributed by atoms with van der Waals surface area (Å²) >= 11 is 0. The van der Waals surface area contributed by atoms with Crippen molar-refractivity contribution in [2.45, 2.75) is 37.6 Å². The molecule has 0 N–H and O–H groups in total. The van der Waals surface area contributed by atoms with Gasteiger partial charge in [0.05, 0.1) is 0 Å². The highest BCUT2D eigenvalue weighted by Gasteiger charge is 2.48. The molecule has 2 saturated carbocycles. The lowest BCUT2D eigenvalue weighted by Crippen LogP contribution is -2.45. The first-order chi connectivity index (χ1) is 6.18. The van der Waals surface area contributed by atoms with E-state index in [0.717, 1.165) is 5.92 Å². The maximum absolute atomic E-state index is 11.5. The number of likely N-dealkylation sites (N-methyl/N-ethyl adjacent to an activating group) is 1. The molecular weight excluding hydrogens is 162 g/mol. The summed E-state index contributed by atoms with van der Waals surface area (Å²) in [5.74, 6) is 0.975. The first kappa shape index (κ1) is 8.79. The lowest BCUT2D eigenvalue weighted by molar-refractivity contribution is -0.130. The third-order valence-corrected chi connectivity index (χ3v) is 3.92. The Morgan fingerprint density at radius 2 is 2.15 bits per heavy atom. The molecule has 13 heavy (non-hydrogen) atoms. The molecule has 72 valence electrons. The Balaban J connectivity index is 2.15. The largest absolute Gasteiger partial charge is 0.337 e. The maximum Gasteiger partial charge on any atom is 0.246 e. The number of nitrogens with zero attached hydrogens (tertiary/aromatic N) is 1. The van der Waals surface area contributed by atoms with Gasteiger partial charge in [0.15, 0.2) is 0 Å². The van der Waals surface area contributed by atoms with Crippen LogP contribution in [0.2, 0.25) is 0 Å². The van der Waals surface area contributed by atoms with E-state index >= 15 is 0 Å². The van der Waals surface area contributed by atoms with E-state index in [1.807, 2.05) is 11.9 Å². The summed E-state index contributed by atoms with van der Waals surface area (Å²) in [5.41, 5.74) is 0.204. The first-order valence-corrected chi connectivity index (χ1v) is 5.08. The van der Waals surface area contributed by atoms with Gasteiger partial charge in [0.2, 0.25) is 5.91 Å². The highest BCUT2D eigenvalue weighted by atomic mass is 16.2. The van der Waals surface area contributed by atoms with Crippen LogP contribution in [0, 0.1) is 5.92 Å². The standard InChI is InChI=1S/C11H17NO/c1-3-10(13)12(2)11-6-4-9(8-11)5-7-11/h3,9H,1,4-8H2,2H3. The van der Waals surface area contributed by atoms with E-state index < -0.39 is 0 Å². The molecule has 0 atom stereocenters. The molecule has 0 aliphatic heterocycles. The van der Waals surface area contributed by atoms with Gasteiger partial charge in [-0.1, -0.05) is 6.58 Å². The Labute approximate surface area is 79.6 Å². The Morgan fingerprint density at radius 1 is 1.54 bits per heavy atom. The van der Waals surface area contributed by atoms with Crippen LogP contribution in [0.3, 0.4) is 0 Å². The molecule has 2 bridgehead atoms. The third kappa shape index (κ3) is 1.19. The van der Waals surface area contributed by atoms with Crippen molar-refractivity contribution < 1.29 is 4.79 Å². The van der Waals surface area contributed by atoms with E-state index in [1.54, 1.807) is 0 Å². The van der Waals surface area contributed by atoms with Crippen molar-refractivity contribution in [3.63, 3.8) is 0 Å². The number of hydrogen-bond acceptors (Lipinski definition) is 1. The molecule has 2 fully saturated rings. The summed E-state index contributed by atoms with van der Waals surface area (Å²) in [4.78, 5) is 13.4. The summed E-state index contributed by atoms with van der Waals surface area (Å²) in [7, 11) is 1.93. The Bertz CT molecular complexity index is 238. The average molecular weight is 179 g/mol. The molecule has 2 nitrogen and oxygen atoms in total. The molecule has 2 aliphatic rings. The fourth-order valence-electron chi connectivity index (χ4n) is 3.00. The van der Waals surface area contributed by atoms with Crippen LogP contribution in [0.5, 0.6) is 0 Å². The smallest absolute Gasteiger partial charge is 0.246 e. The lowest BCUT2D eigenvalue weighted by atomic mass is 9.92. The number of hydrogen-bond donors (Lipinski definition) is 0. The van der Waals surface area contributed by atoms with E-state index in [4.69, 9.17) is 0 Å². The molecule has 2 rings (SSSR count). The summed E-state index contributed by atoms with van der Waals surface area (Å²) in [6.45, 7) is 3.54. The Morgan fingerprint density at radius 3 is 2.54 bits per heavy atom. The van der Waals surface area contributed by atoms with Crippen LogP contribution in [0.1, 0.15) is 32.1 Å². The van der Waals surface area contributed by atoms with Crippen molar-refractivity contribution in [1.29, 1.82) is 0 Å². The molecule has 0 aromatic carbocycles. The number of carbonyl (C=O) groups is 1. The fourth-order valence-corrected chi connectivity index (χ4v) is 3.00. The van der Waals surface area contributed by atoms with Crippen LogP contribution in [0.25, 0.3) is 0 Å². The first-order valence-electron chi connectivity index (χ1n) is 5.08. The van der Waals surface area contributed by atoms with Crippen molar-refractivity contribution in [3.05, 3.63) is 12.7 Å². The molecule has 2 aliphatic carbocycles. The van der Waals surface area contributed by atoms with Crippen molar-refractivity contribution in [1.82, 2.24) is 4.90 Å². The highest BCUT2D eigenvalue weighted by Crippen LogP contribution is 2.50. The topological polar surface area (TPSA) is 20.3 Å². The van der Waals surface area contributed by atoms with Crippen LogP contribution in [-0.4, -0.2) is 23.4 Å². The van der Waals surface area contributed by atoms with E-state index in [-0.39, 0.29) is 11.4 Å². The number of rotatable bonds is 2. The van der Waals surface area contributed by atoms with Gasteiger partial charge in [0, 0.05) is 12.6 Å². The minimum Gasteiger partial charge on any atom is -0.337 e. The third-order valence-electron chi connectivity index (χ3n) is 3.92. The van der Waals surface area contributed by atoms with E-state index in [9.17, 15) is 4.79 Å². The highest BCUT2D eigenvalue weighted by molar-refractivity contribution is 5.87. The Hall–Kier alpha value is -0.790. The van der Waals surface area contributed by atoms with E-state index in [0.29, 0.717) is 0 Å². The molecular formula is C11H17NO. The predicted octanol–water partition coefficient (Wildman–Crippen LogP) is 1.96. The van der Waals surface area contributed by atoms with Crippen LogP contribution in [0.15, 0.2) is 12.7 Å². The van der Waals surface area contributed by atoms with Crippen LogP contribution < -0.4 is 0 Å². The van der Waals surface area contributed by atoms with E-state index in [2.05, 4.69) is 6.58 Å². The van der Waals surface area contributed by atoms with Crippen LogP contribution in [0.4, 0.5) is 0 Å². The number of amides is 1. The normalized spacial score (nSPS) is 36.2. The summed E-state index contributed by atoms with van der Waals surface area (Å²) in [6.07, 6.45) is 7.69. The average Bonchev–Trinajstić information content (AvgIpc) is 2.76. The predicted molar refractivity (Wildman–Crippen MR) is 52.3 cm³/mol. The minimum atomic E-state index is 0.0857. The minimum absolute atomic E-state index is 0.0857. The van der Waals surface area contributed by atoms with Crippen molar-refractivity contribution in [2.24, 2.45) is 5.92 Å². The summed E-state index contributed by atoms with van der Waals surface area (Å²) in [5, 5.41) is 0. The maximum atomic E-state index is 11.5. The van der Waals surface area contributed by atoms with Crippen molar-refractivity contribution >= 4 is 5.91 Å². The van der Waals surface area contributed by atoms with Crippen LogP contribution in [-0.2, 0) is 4.79 Å². The van der Waals surface area contributed by atoms with Gasteiger partial charge in [0.25, 0.3) is 0 Å². The molecule has 0 aromatic heterocycles. The molecule has 0 spiro atoms. The summed E-state index contributed by atoms with van der Waals surface area (Å²) < 4.78 is 0. The second-order valence-corrected chi connectivity index (χ2v) is 4.47. The molecule has 2 heteroatoms. The van der Waals surface area contributed by atoms with Gasteiger partial charge in [-0.05, 0) is 44.1 Å². The van der Waals surface area contributed by atoms with Gasteiger partial charge in [-0.2, -0.15) is 0 Å². The van der Waals surface area contributed by atoms with Gasteiger partial charge in [-0.3, -0.25) is 4.79 Å². The van der Waals surface area contributed by atoms with Gasteiger partial charge >= 0.3 is 0 Å². The quantitative estimate of drug-likeness (QED) is 0.593. The fraction of sp³-hybridized carbons (Fsp3) is 0.727. The number of carbonyl (C=O) groups excluding carboxylic acids is 1. The SMILES string of the molecule is C=CC(=O)N(C)C12CCC(CC1)C2. The van der Waals surface area contributed by atoms with Gasteiger partial charge in [-0.15, -0.1) is 0 Å². The van der Waals surface area contributed by atoms with E-state index in [1.165, 1.54) is 38.2 Å². The molecule has 0 heterocycles. The number of fused-ring (bicyclic) bond motifs is 2. The molecule has 0 aromatic rings. The molecule has 0 unspecified atom stereocenters. The molecule has 1 amide bonds. The second kappa shape index (κ2) is 2.86. The Kier molecular flexibility index (Phi) is 1.94. The van der Waals surface area contributed by atoms with Crippen LogP contribution >= 0.6 is 0 Å². The van der Waals surface area contributed by atoms with Gasteiger partial charge < -0.3 is 4.90 Å². The zero-order valence-electron chi connectivity index (χ0n) is 8.25. The second-order valence-electron chi connectivity index (χ2n) is 4.47. The van der Waals surface area contributed by atoms with Crippen molar-refractivity contribution in [3.8, 4) is 0 Å². The zero-order chi connectivity index (χ0) is 9.47. The molecule has 0 saturated heterocycles. The zero-order valence-corrected chi connectivity index (χ0v) is 8.25.